The summed E-state index contributed by atoms with van der Waals surface area (Å²) < 4.78 is 1.84. The van der Waals surface area contributed by atoms with Crippen LogP contribution in [0.5, 0.6) is 0 Å². The van der Waals surface area contributed by atoms with Crippen molar-refractivity contribution in [2.24, 2.45) is 0 Å². The normalized spacial score (nSPS) is 14.2. The van der Waals surface area contributed by atoms with Crippen molar-refractivity contribution in [3.05, 3.63) is 70.2 Å². The van der Waals surface area contributed by atoms with E-state index < -0.39 is 0 Å². The highest BCUT2D eigenvalue weighted by molar-refractivity contribution is 7.10. The summed E-state index contributed by atoms with van der Waals surface area (Å²) in [7, 11) is 1.86. The van der Waals surface area contributed by atoms with E-state index in [1.807, 2.05) is 65.8 Å². The quantitative estimate of drug-likeness (QED) is 0.697. The van der Waals surface area contributed by atoms with Crippen LogP contribution >= 0.6 is 11.3 Å². The van der Waals surface area contributed by atoms with Gasteiger partial charge in [0.2, 0.25) is 5.91 Å². The first kappa shape index (κ1) is 17.0. The largest absolute Gasteiger partial charge is 0.340 e. The van der Waals surface area contributed by atoms with Gasteiger partial charge in [-0.05, 0) is 35.6 Å². The molecule has 3 heterocycles. The number of nitrogens with zero attached hydrogens (tertiary/aromatic N) is 4. The Morgan fingerprint density at radius 2 is 2.12 bits per heavy atom. The molecule has 0 unspecified atom stereocenters. The summed E-state index contributed by atoms with van der Waals surface area (Å²) in [6, 6.07) is 12.2. The third-order valence-corrected chi connectivity index (χ3v) is 5.77. The second kappa shape index (κ2) is 7.43. The number of amides is 1. The lowest BCUT2D eigenvalue weighted by molar-refractivity contribution is -0.131. The van der Waals surface area contributed by atoms with Gasteiger partial charge in [-0.3, -0.25) is 9.69 Å². The summed E-state index contributed by atoms with van der Waals surface area (Å²) in [5.41, 5.74) is 3.43. The lowest BCUT2D eigenvalue weighted by Gasteiger charge is -2.28. The van der Waals surface area contributed by atoms with Gasteiger partial charge in [-0.15, -0.1) is 11.3 Å². The zero-order chi connectivity index (χ0) is 17.9. The van der Waals surface area contributed by atoms with Crippen molar-refractivity contribution in [2.45, 2.75) is 19.5 Å². The van der Waals surface area contributed by atoms with E-state index in [0.29, 0.717) is 13.1 Å². The smallest absolute Gasteiger partial charge is 0.236 e. The molecule has 6 heteroatoms. The van der Waals surface area contributed by atoms with Gasteiger partial charge in [0.1, 0.15) is 0 Å². The molecule has 4 rings (SSSR count). The molecule has 0 saturated carbocycles. The maximum Gasteiger partial charge on any atom is 0.236 e. The SMILES string of the molecule is CN(Cc1cnn(-c2ccccc2)c1)C(=O)CN1CCc2sccc2C1. The molecule has 3 aromatic rings. The second-order valence-electron chi connectivity index (χ2n) is 6.71. The third kappa shape index (κ3) is 3.71. The fourth-order valence-electron chi connectivity index (χ4n) is 3.28. The summed E-state index contributed by atoms with van der Waals surface area (Å²) in [5, 5.41) is 6.55. The van der Waals surface area contributed by atoms with Crippen LogP contribution in [-0.2, 0) is 24.3 Å². The number of likely N-dealkylation sites (N-methyl/N-ethyl adjacent to an activating group) is 1. The van der Waals surface area contributed by atoms with E-state index in [0.717, 1.165) is 30.8 Å². The topological polar surface area (TPSA) is 41.4 Å². The molecule has 0 bridgehead atoms. The Kier molecular flexibility index (Phi) is 4.86. The number of hydrogen-bond acceptors (Lipinski definition) is 4. The number of carbonyl (C=O) groups excluding carboxylic acids is 1. The predicted octanol–water partition coefficient (Wildman–Crippen LogP) is 2.95. The van der Waals surface area contributed by atoms with Crippen LogP contribution in [0.4, 0.5) is 0 Å². The molecular formula is C20H22N4OS. The van der Waals surface area contributed by atoms with Crippen molar-refractivity contribution in [3.63, 3.8) is 0 Å². The van der Waals surface area contributed by atoms with E-state index in [4.69, 9.17) is 0 Å². The lowest BCUT2D eigenvalue weighted by atomic mass is 10.1. The van der Waals surface area contributed by atoms with Gasteiger partial charge in [-0.1, -0.05) is 18.2 Å². The number of para-hydroxylation sites is 1. The fraction of sp³-hybridized carbons (Fsp3) is 0.300. The molecule has 2 aromatic heterocycles. The Morgan fingerprint density at radius 1 is 1.27 bits per heavy atom. The molecular weight excluding hydrogens is 344 g/mol. The molecule has 0 radical (unpaired) electrons. The minimum absolute atomic E-state index is 0.149. The van der Waals surface area contributed by atoms with Gasteiger partial charge in [0.05, 0.1) is 18.4 Å². The average Bonchev–Trinajstić information content (AvgIpc) is 3.31. The van der Waals surface area contributed by atoms with E-state index in [9.17, 15) is 4.79 Å². The van der Waals surface area contributed by atoms with Gasteiger partial charge in [-0.25, -0.2) is 4.68 Å². The number of rotatable bonds is 5. The predicted molar refractivity (Wildman–Crippen MR) is 103 cm³/mol. The van der Waals surface area contributed by atoms with Crippen LogP contribution in [0.25, 0.3) is 5.69 Å². The highest BCUT2D eigenvalue weighted by Gasteiger charge is 2.21. The Hall–Kier alpha value is -2.44. The Balaban J connectivity index is 1.34. The molecule has 0 atom stereocenters. The molecule has 1 aliphatic heterocycles. The summed E-state index contributed by atoms with van der Waals surface area (Å²) in [6.45, 7) is 2.88. The maximum atomic E-state index is 12.6. The van der Waals surface area contributed by atoms with E-state index in [2.05, 4.69) is 21.4 Å². The minimum Gasteiger partial charge on any atom is -0.340 e. The van der Waals surface area contributed by atoms with Crippen LogP contribution in [0.3, 0.4) is 0 Å². The number of carbonyl (C=O) groups is 1. The summed E-state index contributed by atoms with van der Waals surface area (Å²) in [5.74, 6) is 0.149. The van der Waals surface area contributed by atoms with Crippen LogP contribution < -0.4 is 0 Å². The van der Waals surface area contributed by atoms with Crippen LogP contribution in [0, 0.1) is 0 Å². The van der Waals surface area contributed by atoms with Crippen molar-refractivity contribution in [1.82, 2.24) is 19.6 Å². The van der Waals surface area contributed by atoms with Crippen LogP contribution in [-0.4, -0.2) is 45.6 Å². The van der Waals surface area contributed by atoms with Gasteiger partial charge in [0.25, 0.3) is 0 Å². The lowest BCUT2D eigenvalue weighted by Crippen LogP contribution is -2.40. The van der Waals surface area contributed by atoms with E-state index in [-0.39, 0.29) is 5.91 Å². The van der Waals surface area contributed by atoms with Crippen molar-refractivity contribution in [1.29, 1.82) is 0 Å². The Labute approximate surface area is 157 Å². The van der Waals surface area contributed by atoms with Crippen molar-refractivity contribution >= 4 is 17.2 Å². The number of benzene rings is 1. The first-order valence-electron chi connectivity index (χ1n) is 8.79. The van der Waals surface area contributed by atoms with E-state index in [1.165, 1.54) is 10.4 Å². The number of thiophene rings is 1. The van der Waals surface area contributed by atoms with Gasteiger partial charge in [0.15, 0.2) is 0 Å². The molecule has 5 nitrogen and oxygen atoms in total. The zero-order valence-corrected chi connectivity index (χ0v) is 15.7. The first-order chi connectivity index (χ1) is 12.7. The zero-order valence-electron chi connectivity index (χ0n) is 14.8. The second-order valence-corrected chi connectivity index (χ2v) is 7.71. The molecule has 1 aliphatic rings. The highest BCUT2D eigenvalue weighted by atomic mass is 32.1. The molecule has 26 heavy (non-hydrogen) atoms. The molecule has 0 fully saturated rings. The molecule has 0 N–H and O–H groups in total. The van der Waals surface area contributed by atoms with Crippen molar-refractivity contribution in [2.75, 3.05) is 20.1 Å². The Bertz CT molecular complexity index is 886. The standard InChI is InChI=1S/C20H22N4OS/c1-22(12-16-11-21-24(13-16)18-5-3-2-4-6-18)20(25)15-23-9-7-19-17(14-23)8-10-26-19/h2-6,8,10-11,13H,7,9,12,14-15H2,1H3. The molecule has 0 spiro atoms. The molecule has 0 aliphatic carbocycles. The summed E-state index contributed by atoms with van der Waals surface area (Å²) in [4.78, 5) is 18.1. The van der Waals surface area contributed by atoms with Gasteiger partial charge in [0, 0.05) is 43.3 Å². The first-order valence-corrected chi connectivity index (χ1v) is 9.67. The molecule has 0 saturated heterocycles. The third-order valence-electron chi connectivity index (χ3n) is 4.75. The number of aromatic nitrogens is 2. The average molecular weight is 366 g/mol. The van der Waals surface area contributed by atoms with Crippen LogP contribution in [0.2, 0.25) is 0 Å². The maximum absolute atomic E-state index is 12.6. The Morgan fingerprint density at radius 3 is 2.96 bits per heavy atom. The van der Waals surface area contributed by atoms with Gasteiger partial charge in [-0.2, -0.15) is 5.10 Å². The van der Waals surface area contributed by atoms with E-state index in [1.54, 1.807) is 4.90 Å². The van der Waals surface area contributed by atoms with Crippen molar-refractivity contribution < 1.29 is 4.79 Å². The van der Waals surface area contributed by atoms with Gasteiger partial charge < -0.3 is 4.90 Å². The highest BCUT2D eigenvalue weighted by Crippen LogP contribution is 2.23. The molecule has 134 valence electrons. The molecule has 1 aromatic carbocycles. The molecule has 1 amide bonds. The van der Waals surface area contributed by atoms with Crippen molar-refractivity contribution in [3.8, 4) is 5.69 Å². The van der Waals surface area contributed by atoms with Crippen LogP contribution in [0.15, 0.2) is 54.2 Å². The van der Waals surface area contributed by atoms with Gasteiger partial charge >= 0.3 is 0 Å². The number of fused-ring (bicyclic) bond motifs is 1. The fourth-order valence-corrected chi connectivity index (χ4v) is 4.17. The minimum atomic E-state index is 0.149. The van der Waals surface area contributed by atoms with E-state index >= 15 is 0 Å². The summed E-state index contributed by atoms with van der Waals surface area (Å²) in [6.07, 6.45) is 4.86. The summed E-state index contributed by atoms with van der Waals surface area (Å²) >= 11 is 1.82. The van der Waals surface area contributed by atoms with Crippen LogP contribution in [0.1, 0.15) is 16.0 Å². The number of hydrogen-bond donors (Lipinski definition) is 0. The monoisotopic (exact) mass is 366 g/mol.